The molecule has 0 bridgehead atoms. The van der Waals surface area contributed by atoms with Gasteiger partial charge in [0.1, 0.15) is 17.1 Å². The molecule has 0 amide bonds. The Bertz CT molecular complexity index is 1060. The lowest BCUT2D eigenvalue weighted by Crippen LogP contribution is -2.30. The summed E-state index contributed by atoms with van der Waals surface area (Å²) in [7, 11) is 0. The van der Waals surface area contributed by atoms with Gasteiger partial charge in [0.05, 0.1) is 5.02 Å². The molecule has 1 atom stereocenters. The second-order valence-corrected chi connectivity index (χ2v) is 11.3. The Labute approximate surface area is 208 Å². The average molecular weight is 486 g/mol. The predicted octanol–water partition coefficient (Wildman–Crippen LogP) is 6.38. The minimum absolute atomic E-state index is 0.119. The van der Waals surface area contributed by atoms with Crippen molar-refractivity contribution in [1.29, 1.82) is 0 Å². The van der Waals surface area contributed by atoms with Gasteiger partial charge in [-0.1, -0.05) is 23.7 Å². The zero-order valence-corrected chi connectivity index (χ0v) is 21.9. The molecule has 34 heavy (non-hydrogen) atoms. The molecule has 2 aliphatic heterocycles. The summed E-state index contributed by atoms with van der Waals surface area (Å²) < 4.78 is 18.1. The highest BCUT2D eigenvalue weighted by Crippen LogP contribution is 2.50. The summed E-state index contributed by atoms with van der Waals surface area (Å²) >= 11 is 6.93. The lowest BCUT2D eigenvalue weighted by atomic mass is 9.87. The molecule has 0 unspecified atom stereocenters. The van der Waals surface area contributed by atoms with Crippen LogP contribution in [0.4, 0.5) is 0 Å². The number of ketones is 1. The molecule has 0 spiro atoms. The summed E-state index contributed by atoms with van der Waals surface area (Å²) in [6.45, 7) is 14.2. The molecule has 0 saturated heterocycles. The molecule has 0 radical (unpaired) electrons. The van der Waals surface area contributed by atoms with Gasteiger partial charge in [0.25, 0.3) is 0 Å². The molecule has 2 aliphatic rings. The topological polar surface area (TPSA) is 48.0 Å². The molecule has 5 nitrogen and oxygen atoms in total. The maximum Gasteiger partial charge on any atom is 0.246 e. The fourth-order valence-electron chi connectivity index (χ4n) is 4.81. The van der Waals surface area contributed by atoms with Crippen LogP contribution in [0.3, 0.4) is 0 Å². The molecular weight excluding hydrogens is 450 g/mol. The average Bonchev–Trinajstić information content (AvgIpc) is 2.92. The van der Waals surface area contributed by atoms with Crippen molar-refractivity contribution in [2.45, 2.75) is 78.1 Å². The normalized spacial score (nSPS) is 19.4. The van der Waals surface area contributed by atoms with Crippen LogP contribution in [-0.4, -0.2) is 41.7 Å². The molecule has 6 heteroatoms. The van der Waals surface area contributed by atoms with E-state index >= 15 is 0 Å². The second-order valence-electron chi connectivity index (χ2n) is 10.9. The van der Waals surface area contributed by atoms with Crippen molar-refractivity contribution in [1.82, 2.24) is 4.90 Å². The predicted molar refractivity (Wildman–Crippen MR) is 136 cm³/mol. The number of carbonyl (C=O) groups excluding carboxylic acids is 1. The largest absolute Gasteiger partial charge is 0.488 e. The number of nitrogens with zero attached hydrogens (tertiary/aromatic N) is 1. The molecule has 184 valence electrons. The van der Waals surface area contributed by atoms with Gasteiger partial charge in [-0.25, -0.2) is 0 Å². The van der Waals surface area contributed by atoms with Crippen molar-refractivity contribution >= 4 is 17.4 Å². The van der Waals surface area contributed by atoms with E-state index in [4.69, 9.17) is 25.8 Å². The van der Waals surface area contributed by atoms with Gasteiger partial charge < -0.3 is 23.9 Å². The molecule has 0 aliphatic carbocycles. The van der Waals surface area contributed by atoms with E-state index in [9.17, 15) is 4.79 Å². The Hall–Kier alpha value is -2.24. The number of carbonyl (C=O) groups is 1. The SMILES string of the molecule is CC(=O)CCCN1CCc2c(cc3c(c2Cl)OC(C)(C)O3)[C@@H](c2ccc(OC(C)(C)C)cc2)C1. The van der Waals surface area contributed by atoms with Crippen molar-refractivity contribution in [2.24, 2.45) is 0 Å². The molecule has 0 saturated carbocycles. The lowest BCUT2D eigenvalue weighted by Gasteiger charge is -2.26. The number of hydrogen-bond donors (Lipinski definition) is 0. The first-order valence-electron chi connectivity index (χ1n) is 12.2. The maximum atomic E-state index is 11.5. The van der Waals surface area contributed by atoms with Crippen LogP contribution in [0, 0.1) is 0 Å². The number of halogens is 1. The van der Waals surface area contributed by atoms with Gasteiger partial charge >= 0.3 is 0 Å². The van der Waals surface area contributed by atoms with Crippen molar-refractivity contribution in [3.8, 4) is 17.2 Å². The van der Waals surface area contributed by atoms with Crippen LogP contribution >= 0.6 is 11.6 Å². The van der Waals surface area contributed by atoms with Gasteiger partial charge in [0.15, 0.2) is 11.5 Å². The fraction of sp³-hybridized carbons (Fsp3) is 0.536. The molecule has 2 heterocycles. The van der Waals surface area contributed by atoms with E-state index in [0.29, 0.717) is 22.9 Å². The first-order valence-corrected chi connectivity index (χ1v) is 12.5. The van der Waals surface area contributed by atoms with Crippen molar-refractivity contribution in [2.75, 3.05) is 19.6 Å². The second kappa shape index (κ2) is 9.43. The summed E-state index contributed by atoms with van der Waals surface area (Å²) in [6, 6.07) is 10.5. The van der Waals surface area contributed by atoms with Crippen molar-refractivity contribution in [3.05, 3.63) is 52.0 Å². The van der Waals surface area contributed by atoms with E-state index < -0.39 is 5.79 Å². The fourth-order valence-corrected chi connectivity index (χ4v) is 5.15. The Balaban J connectivity index is 1.70. The zero-order chi connectivity index (χ0) is 24.7. The number of ether oxygens (including phenoxy) is 3. The Morgan fingerprint density at radius 3 is 2.56 bits per heavy atom. The Morgan fingerprint density at radius 2 is 1.91 bits per heavy atom. The standard InChI is InChI=1S/C28H36ClNO4/c1-18(31)8-7-14-30-15-13-21-22(16-24-26(25(21)29)34-28(5,6)33-24)23(17-30)19-9-11-20(12-10-19)32-27(2,3)4/h9-12,16,23H,7-8,13-15,17H2,1-6H3/t23-/m1/s1. The van der Waals surface area contributed by atoms with Gasteiger partial charge in [-0.05, 0) is 82.0 Å². The highest BCUT2D eigenvalue weighted by atomic mass is 35.5. The van der Waals surface area contributed by atoms with Crippen LogP contribution in [0.15, 0.2) is 30.3 Å². The van der Waals surface area contributed by atoms with Gasteiger partial charge in [-0.3, -0.25) is 0 Å². The third-order valence-corrected chi connectivity index (χ3v) is 6.63. The summed E-state index contributed by atoms with van der Waals surface area (Å²) in [4.78, 5) is 13.9. The number of fused-ring (bicyclic) bond motifs is 2. The van der Waals surface area contributed by atoms with Gasteiger partial charge in [0, 0.05) is 39.3 Å². The lowest BCUT2D eigenvalue weighted by molar-refractivity contribution is -0.117. The monoisotopic (exact) mass is 485 g/mol. The van der Waals surface area contributed by atoms with E-state index in [1.165, 1.54) is 11.1 Å². The minimum Gasteiger partial charge on any atom is -0.488 e. The third-order valence-electron chi connectivity index (χ3n) is 6.23. The van der Waals surface area contributed by atoms with Crippen LogP contribution in [0.25, 0.3) is 0 Å². The molecule has 0 aromatic heterocycles. The van der Waals surface area contributed by atoms with E-state index in [1.807, 2.05) is 46.8 Å². The Morgan fingerprint density at radius 1 is 1.21 bits per heavy atom. The van der Waals surface area contributed by atoms with Crippen LogP contribution in [0.1, 0.15) is 77.0 Å². The highest BCUT2D eigenvalue weighted by Gasteiger charge is 2.37. The molecule has 0 fully saturated rings. The minimum atomic E-state index is -0.730. The molecule has 4 rings (SSSR count). The van der Waals surface area contributed by atoms with Gasteiger partial charge in [-0.15, -0.1) is 0 Å². The summed E-state index contributed by atoms with van der Waals surface area (Å²) in [5.41, 5.74) is 3.26. The quantitative estimate of drug-likeness (QED) is 0.474. The maximum absolute atomic E-state index is 11.5. The van der Waals surface area contributed by atoms with Crippen LogP contribution in [0.5, 0.6) is 17.2 Å². The van der Waals surface area contributed by atoms with Crippen LogP contribution < -0.4 is 14.2 Å². The van der Waals surface area contributed by atoms with Crippen LogP contribution in [0.2, 0.25) is 5.02 Å². The van der Waals surface area contributed by atoms with E-state index in [1.54, 1.807) is 6.92 Å². The number of hydrogen-bond acceptors (Lipinski definition) is 5. The number of benzene rings is 2. The first-order chi connectivity index (χ1) is 15.9. The summed E-state index contributed by atoms with van der Waals surface area (Å²) in [5, 5.41) is 0.654. The van der Waals surface area contributed by atoms with Crippen molar-refractivity contribution in [3.63, 3.8) is 0 Å². The first kappa shape index (κ1) is 24.9. The highest BCUT2D eigenvalue weighted by molar-refractivity contribution is 6.33. The van der Waals surface area contributed by atoms with E-state index in [0.717, 1.165) is 43.8 Å². The number of rotatable bonds is 6. The summed E-state index contributed by atoms with van der Waals surface area (Å²) in [5.74, 6) is 1.83. The molecule has 2 aromatic carbocycles. The third kappa shape index (κ3) is 5.69. The Kier molecular flexibility index (Phi) is 6.90. The number of Topliss-reactive ketones (excluding diaryl/α,β-unsaturated/α-hetero) is 1. The summed E-state index contributed by atoms with van der Waals surface area (Å²) in [6.07, 6.45) is 2.30. The molecule has 2 aromatic rings. The van der Waals surface area contributed by atoms with Crippen LogP contribution in [-0.2, 0) is 11.2 Å². The smallest absolute Gasteiger partial charge is 0.246 e. The van der Waals surface area contributed by atoms with Gasteiger partial charge in [-0.2, -0.15) is 0 Å². The van der Waals surface area contributed by atoms with E-state index in [-0.39, 0.29) is 17.3 Å². The molecule has 0 N–H and O–H groups in total. The van der Waals surface area contributed by atoms with E-state index in [2.05, 4.69) is 23.1 Å². The molecular formula is C28H36ClNO4. The van der Waals surface area contributed by atoms with Gasteiger partial charge in [0.2, 0.25) is 5.79 Å². The zero-order valence-electron chi connectivity index (χ0n) is 21.2. The van der Waals surface area contributed by atoms with Crippen molar-refractivity contribution < 1.29 is 19.0 Å².